The van der Waals surface area contributed by atoms with Crippen molar-refractivity contribution in [2.24, 2.45) is 5.92 Å². The van der Waals surface area contributed by atoms with E-state index >= 15 is 0 Å². The minimum Gasteiger partial charge on any atom is -0.487 e. The normalized spacial score (nSPS) is 21.8. The maximum absolute atomic E-state index is 12.4. The van der Waals surface area contributed by atoms with E-state index in [1.165, 1.54) is 4.31 Å². The SMILES string of the molecule is CC(C)CCNC(=O)[C@@H]1C[C@H](Oc2cccnc2)CN1S(C)(=O)=O. The second-order valence-electron chi connectivity index (χ2n) is 6.49. The summed E-state index contributed by atoms with van der Waals surface area (Å²) >= 11 is 0. The first-order chi connectivity index (χ1) is 11.3. The van der Waals surface area contributed by atoms with Gasteiger partial charge in [0.15, 0.2) is 0 Å². The standard InChI is InChI=1S/C16H25N3O4S/c1-12(2)6-8-18-16(20)15-9-14(11-19(15)24(3,21)22)23-13-5-4-7-17-10-13/h4-5,7,10,12,14-15H,6,8-9,11H2,1-3H3,(H,18,20)/t14-,15-/m0/s1. The fourth-order valence-electron chi connectivity index (χ4n) is 2.67. The van der Waals surface area contributed by atoms with E-state index in [9.17, 15) is 13.2 Å². The van der Waals surface area contributed by atoms with Crippen molar-refractivity contribution in [2.45, 2.75) is 38.8 Å². The first kappa shape index (κ1) is 18.7. The number of amides is 1. The Bertz CT molecular complexity index is 649. The molecular formula is C16H25N3O4S. The number of nitrogens with one attached hydrogen (secondary N) is 1. The summed E-state index contributed by atoms with van der Waals surface area (Å²) in [6.07, 6.45) is 5.14. The van der Waals surface area contributed by atoms with E-state index in [-0.39, 0.29) is 18.6 Å². The summed E-state index contributed by atoms with van der Waals surface area (Å²) in [6, 6.07) is 2.77. The van der Waals surface area contributed by atoms with Crippen molar-refractivity contribution < 1.29 is 17.9 Å². The van der Waals surface area contributed by atoms with Crippen LogP contribution in [0.1, 0.15) is 26.7 Å². The molecule has 0 saturated carbocycles. The Balaban J connectivity index is 2.03. The zero-order valence-corrected chi connectivity index (χ0v) is 15.1. The number of carbonyl (C=O) groups excluding carboxylic acids is 1. The van der Waals surface area contributed by atoms with Gasteiger partial charge in [-0.15, -0.1) is 0 Å². The molecule has 1 N–H and O–H groups in total. The van der Waals surface area contributed by atoms with Gasteiger partial charge in [-0.25, -0.2) is 8.42 Å². The van der Waals surface area contributed by atoms with Crippen LogP contribution in [-0.4, -0.2) is 55.1 Å². The Morgan fingerprint density at radius 2 is 2.25 bits per heavy atom. The van der Waals surface area contributed by atoms with E-state index < -0.39 is 16.1 Å². The molecule has 0 aromatic carbocycles. The molecule has 1 fully saturated rings. The van der Waals surface area contributed by atoms with Crippen molar-refractivity contribution in [2.75, 3.05) is 19.3 Å². The van der Waals surface area contributed by atoms with Gasteiger partial charge in [0, 0.05) is 19.2 Å². The number of hydrogen-bond donors (Lipinski definition) is 1. The van der Waals surface area contributed by atoms with Crippen LogP contribution in [-0.2, 0) is 14.8 Å². The zero-order chi connectivity index (χ0) is 17.7. The molecule has 1 aliphatic rings. The molecule has 2 atom stereocenters. The van der Waals surface area contributed by atoms with Gasteiger partial charge in [0.25, 0.3) is 0 Å². The summed E-state index contributed by atoms with van der Waals surface area (Å²) in [4.78, 5) is 16.4. The number of rotatable bonds is 7. The number of ether oxygens (including phenoxy) is 1. The van der Waals surface area contributed by atoms with Gasteiger partial charge < -0.3 is 10.1 Å². The molecule has 0 radical (unpaired) electrons. The zero-order valence-electron chi connectivity index (χ0n) is 14.3. The molecule has 7 nitrogen and oxygen atoms in total. The highest BCUT2D eigenvalue weighted by Crippen LogP contribution is 2.25. The Morgan fingerprint density at radius 3 is 2.83 bits per heavy atom. The summed E-state index contributed by atoms with van der Waals surface area (Å²) in [7, 11) is -3.49. The molecular weight excluding hydrogens is 330 g/mol. The second kappa shape index (κ2) is 7.94. The predicted octanol–water partition coefficient (Wildman–Crippen LogP) is 1.03. The lowest BCUT2D eigenvalue weighted by atomic mass is 10.1. The molecule has 8 heteroatoms. The third-order valence-electron chi connectivity index (χ3n) is 3.90. The van der Waals surface area contributed by atoms with E-state index in [0.29, 0.717) is 24.6 Å². The monoisotopic (exact) mass is 355 g/mol. The smallest absolute Gasteiger partial charge is 0.238 e. The van der Waals surface area contributed by atoms with E-state index in [2.05, 4.69) is 24.1 Å². The second-order valence-corrected chi connectivity index (χ2v) is 8.42. The Labute approximate surface area is 143 Å². The average Bonchev–Trinajstić information content (AvgIpc) is 2.92. The van der Waals surface area contributed by atoms with Crippen LogP contribution in [0.15, 0.2) is 24.5 Å². The summed E-state index contributed by atoms with van der Waals surface area (Å²) < 4.78 is 31.0. The molecule has 0 bridgehead atoms. The molecule has 1 aromatic heterocycles. The van der Waals surface area contributed by atoms with Crippen LogP contribution in [0.3, 0.4) is 0 Å². The Morgan fingerprint density at radius 1 is 1.50 bits per heavy atom. The van der Waals surface area contributed by atoms with Gasteiger partial charge in [0.05, 0.1) is 19.0 Å². The molecule has 134 valence electrons. The number of sulfonamides is 1. The molecule has 2 heterocycles. The highest BCUT2D eigenvalue weighted by molar-refractivity contribution is 7.88. The number of carbonyl (C=O) groups is 1. The summed E-state index contributed by atoms with van der Waals surface area (Å²) in [6.45, 7) is 4.85. The van der Waals surface area contributed by atoms with Crippen LogP contribution in [0.2, 0.25) is 0 Å². The van der Waals surface area contributed by atoms with Gasteiger partial charge in [0.1, 0.15) is 17.9 Å². The first-order valence-corrected chi connectivity index (χ1v) is 9.93. The molecule has 24 heavy (non-hydrogen) atoms. The predicted molar refractivity (Wildman–Crippen MR) is 91.1 cm³/mol. The molecule has 0 aliphatic carbocycles. The lowest BCUT2D eigenvalue weighted by Crippen LogP contribution is -2.45. The van der Waals surface area contributed by atoms with Crippen LogP contribution in [0.4, 0.5) is 0 Å². The van der Waals surface area contributed by atoms with Gasteiger partial charge in [-0.1, -0.05) is 13.8 Å². The van der Waals surface area contributed by atoms with Crippen LogP contribution < -0.4 is 10.1 Å². The molecule has 1 amide bonds. The number of nitrogens with zero attached hydrogens (tertiary/aromatic N) is 2. The largest absolute Gasteiger partial charge is 0.487 e. The van der Waals surface area contributed by atoms with E-state index in [4.69, 9.17) is 4.74 Å². The van der Waals surface area contributed by atoms with Crippen LogP contribution in [0.25, 0.3) is 0 Å². The Kier molecular flexibility index (Phi) is 6.17. The van der Waals surface area contributed by atoms with Crippen LogP contribution >= 0.6 is 0 Å². The van der Waals surface area contributed by atoms with Crippen molar-refractivity contribution in [3.05, 3.63) is 24.5 Å². The van der Waals surface area contributed by atoms with Crippen LogP contribution in [0, 0.1) is 5.92 Å². The fraction of sp³-hybridized carbons (Fsp3) is 0.625. The van der Waals surface area contributed by atoms with Crippen molar-refractivity contribution in [3.63, 3.8) is 0 Å². The number of pyridine rings is 1. The highest BCUT2D eigenvalue weighted by Gasteiger charge is 2.42. The van der Waals surface area contributed by atoms with Gasteiger partial charge in [-0.3, -0.25) is 9.78 Å². The maximum atomic E-state index is 12.4. The molecule has 1 aliphatic heterocycles. The van der Waals surface area contributed by atoms with Gasteiger partial charge in [-0.05, 0) is 24.5 Å². The van der Waals surface area contributed by atoms with Crippen molar-refractivity contribution >= 4 is 15.9 Å². The minimum absolute atomic E-state index is 0.163. The lowest BCUT2D eigenvalue weighted by molar-refractivity contribution is -0.124. The highest BCUT2D eigenvalue weighted by atomic mass is 32.2. The molecule has 0 unspecified atom stereocenters. The van der Waals surface area contributed by atoms with Crippen molar-refractivity contribution in [1.29, 1.82) is 0 Å². The molecule has 1 saturated heterocycles. The van der Waals surface area contributed by atoms with E-state index in [1.807, 2.05) is 0 Å². The third kappa shape index (κ3) is 5.17. The quantitative estimate of drug-likeness (QED) is 0.789. The van der Waals surface area contributed by atoms with Crippen molar-refractivity contribution in [3.8, 4) is 5.75 Å². The van der Waals surface area contributed by atoms with E-state index in [1.54, 1.807) is 24.5 Å². The molecule has 1 aromatic rings. The van der Waals surface area contributed by atoms with Gasteiger partial charge in [0.2, 0.25) is 15.9 Å². The number of hydrogen-bond acceptors (Lipinski definition) is 5. The number of aromatic nitrogens is 1. The topological polar surface area (TPSA) is 88.6 Å². The third-order valence-corrected chi connectivity index (χ3v) is 5.16. The van der Waals surface area contributed by atoms with Crippen molar-refractivity contribution in [1.82, 2.24) is 14.6 Å². The van der Waals surface area contributed by atoms with Gasteiger partial charge in [-0.2, -0.15) is 4.31 Å². The first-order valence-electron chi connectivity index (χ1n) is 8.08. The maximum Gasteiger partial charge on any atom is 0.238 e. The Hall–Kier alpha value is -1.67. The molecule has 2 rings (SSSR count). The minimum atomic E-state index is -3.49. The van der Waals surface area contributed by atoms with Crippen LogP contribution in [0.5, 0.6) is 5.75 Å². The summed E-state index contributed by atoms with van der Waals surface area (Å²) in [5.41, 5.74) is 0. The van der Waals surface area contributed by atoms with E-state index in [0.717, 1.165) is 12.7 Å². The average molecular weight is 355 g/mol. The summed E-state index contributed by atoms with van der Waals surface area (Å²) in [5.74, 6) is 0.775. The summed E-state index contributed by atoms with van der Waals surface area (Å²) in [5, 5.41) is 2.83. The fourth-order valence-corrected chi connectivity index (χ4v) is 3.75. The van der Waals surface area contributed by atoms with Gasteiger partial charge >= 0.3 is 0 Å². The molecule has 0 spiro atoms. The lowest BCUT2D eigenvalue weighted by Gasteiger charge is -2.21.